The molecule has 1 aliphatic rings. The van der Waals surface area contributed by atoms with Gasteiger partial charge in [0, 0.05) is 5.56 Å². The van der Waals surface area contributed by atoms with Crippen LogP contribution in [-0.2, 0) is 9.47 Å². The highest BCUT2D eigenvalue weighted by Gasteiger charge is 2.50. The summed E-state index contributed by atoms with van der Waals surface area (Å²) in [6.45, 7) is 11.7. The van der Waals surface area contributed by atoms with Crippen molar-refractivity contribution in [3.05, 3.63) is 29.6 Å². The highest BCUT2D eigenvalue weighted by atomic mass is 28.3. The Morgan fingerprint density at radius 1 is 1.10 bits per heavy atom. The summed E-state index contributed by atoms with van der Waals surface area (Å²) in [5.41, 5.74) is -0.568. The molecule has 0 spiro atoms. The molecule has 1 radical (unpaired) electrons. The van der Waals surface area contributed by atoms with Crippen LogP contribution >= 0.6 is 0 Å². The van der Waals surface area contributed by atoms with Crippen LogP contribution in [0.1, 0.15) is 39.5 Å². The Labute approximate surface area is 121 Å². The number of ether oxygens (including phenoxy) is 2. The Hall–Kier alpha value is -0.913. The highest BCUT2D eigenvalue weighted by Crippen LogP contribution is 2.45. The van der Waals surface area contributed by atoms with Crippen molar-refractivity contribution in [3.8, 4) is 5.75 Å². The molecule has 1 saturated heterocycles. The Morgan fingerprint density at radius 3 is 2.15 bits per heavy atom. The van der Waals surface area contributed by atoms with E-state index in [4.69, 9.17) is 13.9 Å². The molecule has 0 N–H and O–H groups in total. The zero-order valence-corrected chi connectivity index (χ0v) is 13.9. The van der Waals surface area contributed by atoms with Crippen LogP contribution in [0.25, 0.3) is 0 Å². The molecule has 0 atom stereocenters. The first kappa shape index (κ1) is 15.5. The third-order valence-electron chi connectivity index (χ3n) is 3.81. The van der Waals surface area contributed by atoms with Gasteiger partial charge in [0.05, 0.1) is 11.2 Å². The molecule has 0 bridgehead atoms. The number of halogens is 1. The molecular formula is C15H22FO3Si. The van der Waals surface area contributed by atoms with Crippen LogP contribution in [0.15, 0.2) is 18.2 Å². The molecule has 3 nitrogen and oxygen atoms in total. The van der Waals surface area contributed by atoms with E-state index >= 15 is 0 Å². The van der Waals surface area contributed by atoms with E-state index in [1.165, 1.54) is 0 Å². The fourth-order valence-corrected chi connectivity index (χ4v) is 2.58. The van der Waals surface area contributed by atoms with Gasteiger partial charge in [0.15, 0.2) is 12.1 Å². The summed E-state index contributed by atoms with van der Waals surface area (Å²) in [5.74, 6) is -0.117. The highest BCUT2D eigenvalue weighted by molar-refractivity contribution is 6.49. The van der Waals surface area contributed by atoms with E-state index in [-0.39, 0.29) is 5.75 Å². The maximum atomic E-state index is 14.5. The van der Waals surface area contributed by atoms with Gasteiger partial charge in [-0.3, -0.25) is 0 Å². The monoisotopic (exact) mass is 297 g/mol. The van der Waals surface area contributed by atoms with Crippen LogP contribution in [0, 0.1) is 5.82 Å². The molecule has 0 aliphatic carbocycles. The first-order valence-electron chi connectivity index (χ1n) is 6.76. The summed E-state index contributed by atoms with van der Waals surface area (Å²) < 4.78 is 31.8. The maximum absolute atomic E-state index is 14.5. The van der Waals surface area contributed by atoms with Gasteiger partial charge in [0.2, 0.25) is 0 Å². The fourth-order valence-electron chi connectivity index (χ4n) is 1.98. The summed E-state index contributed by atoms with van der Waals surface area (Å²) in [7, 11) is -1.02. The van der Waals surface area contributed by atoms with Crippen LogP contribution in [0.5, 0.6) is 5.75 Å². The van der Waals surface area contributed by atoms with Crippen molar-refractivity contribution in [1.29, 1.82) is 0 Å². The van der Waals surface area contributed by atoms with Gasteiger partial charge in [-0.15, -0.1) is 0 Å². The molecule has 1 aromatic rings. The molecule has 0 saturated carbocycles. The van der Waals surface area contributed by atoms with Crippen molar-refractivity contribution in [2.45, 2.75) is 58.3 Å². The summed E-state index contributed by atoms with van der Waals surface area (Å²) >= 11 is 0. The van der Waals surface area contributed by atoms with E-state index in [0.717, 1.165) is 0 Å². The number of rotatable bonds is 3. The quantitative estimate of drug-likeness (QED) is 0.788. The van der Waals surface area contributed by atoms with E-state index in [1.54, 1.807) is 18.2 Å². The third-order valence-corrected chi connectivity index (χ3v) is 4.44. The molecule has 0 unspecified atom stereocenters. The van der Waals surface area contributed by atoms with Crippen LogP contribution in [0.3, 0.4) is 0 Å². The average molecular weight is 297 g/mol. The second-order valence-corrected chi connectivity index (χ2v) is 8.28. The number of hydrogen-bond donors (Lipinski definition) is 0. The lowest BCUT2D eigenvalue weighted by atomic mass is 9.90. The second kappa shape index (κ2) is 5.13. The molecule has 0 aromatic heterocycles. The lowest BCUT2D eigenvalue weighted by Gasteiger charge is -2.30. The first-order valence-corrected chi connectivity index (χ1v) is 9.17. The second-order valence-electron chi connectivity index (χ2n) is 6.26. The molecule has 20 heavy (non-hydrogen) atoms. The van der Waals surface area contributed by atoms with Crippen molar-refractivity contribution in [2.24, 2.45) is 0 Å². The van der Waals surface area contributed by atoms with Gasteiger partial charge in [-0.25, -0.2) is 4.39 Å². The van der Waals surface area contributed by atoms with Crippen molar-refractivity contribution in [1.82, 2.24) is 0 Å². The molecule has 2 rings (SSSR count). The molecule has 0 amide bonds. The fraction of sp³-hybridized carbons (Fsp3) is 0.600. The third kappa shape index (κ3) is 2.75. The van der Waals surface area contributed by atoms with E-state index in [2.05, 4.69) is 0 Å². The van der Waals surface area contributed by atoms with Crippen molar-refractivity contribution < 1.29 is 18.3 Å². The normalized spacial score (nSPS) is 21.4. The average Bonchev–Trinajstić information content (AvgIpc) is 2.50. The van der Waals surface area contributed by atoms with Gasteiger partial charge in [-0.05, 0) is 46.9 Å². The standard InChI is InChI=1S/C15H22FO3Si/c1-14(2)15(3,4)18-13(17-14)10-8-7-9-11(12(10)16)19-20(5)6/h7-9,13H,1-6H3. The molecule has 5 heteroatoms. The predicted octanol–water partition coefficient (Wildman–Crippen LogP) is 4.06. The van der Waals surface area contributed by atoms with Crippen molar-refractivity contribution in [3.63, 3.8) is 0 Å². The number of hydrogen-bond acceptors (Lipinski definition) is 3. The molecular weight excluding hydrogens is 275 g/mol. The van der Waals surface area contributed by atoms with Gasteiger partial charge in [0.1, 0.15) is 5.75 Å². The Bertz CT molecular complexity index is 484. The van der Waals surface area contributed by atoms with Crippen molar-refractivity contribution >= 4 is 9.04 Å². The van der Waals surface area contributed by atoms with Crippen LogP contribution in [-0.4, -0.2) is 20.2 Å². The Kier molecular flexibility index (Phi) is 3.97. The summed E-state index contributed by atoms with van der Waals surface area (Å²) in [4.78, 5) is 0. The van der Waals surface area contributed by atoms with E-state index in [9.17, 15) is 4.39 Å². The van der Waals surface area contributed by atoms with Crippen molar-refractivity contribution in [2.75, 3.05) is 0 Å². The van der Waals surface area contributed by atoms with Crippen LogP contribution in [0.4, 0.5) is 4.39 Å². The van der Waals surface area contributed by atoms with E-state index < -0.39 is 32.3 Å². The number of benzene rings is 1. The topological polar surface area (TPSA) is 27.7 Å². The molecule has 1 fully saturated rings. The predicted molar refractivity (Wildman–Crippen MR) is 77.6 cm³/mol. The van der Waals surface area contributed by atoms with Crippen LogP contribution in [0.2, 0.25) is 13.1 Å². The Morgan fingerprint density at radius 2 is 1.65 bits per heavy atom. The van der Waals surface area contributed by atoms with Gasteiger partial charge in [-0.1, -0.05) is 12.1 Å². The summed E-state index contributed by atoms with van der Waals surface area (Å²) in [5, 5.41) is 0. The minimum Gasteiger partial charge on any atom is -0.541 e. The first-order chi connectivity index (χ1) is 9.14. The Balaban J connectivity index is 2.31. The van der Waals surface area contributed by atoms with Gasteiger partial charge < -0.3 is 13.9 Å². The molecule has 1 aromatic carbocycles. The molecule has 1 aliphatic heterocycles. The lowest BCUT2D eigenvalue weighted by molar-refractivity contribution is -0.0916. The van der Waals surface area contributed by atoms with E-state index in [0.29, 0.717) is 5.56 Å². The van der Waals surface area contributed by atoms with Gasteiger partial charge >= 0.3 is 0 Å². The van der Waals surface area contributed by atoms with Gasteiger partial charge in [-0.2, -0.15) is 0 Å². The molecule has 1 heterocycles. The SMILES string of the molecule is C[Si](C)Oc1cccc(C2OC(C)(C)C(C)(C)O2)c1F. The zero-order valence-electron chi connectivity index (χ0n) is 12.9. The summed E-state index contributed by atoms with van der Waals surface area (Å²) in [6, 6.07) is 5.09. The maximum Gasteiger partial charge on any atom is 0.274 e. The van der Waals surface area contributed by atoms with E-state index in [1.807, 2.05) is 40.8 Å². The smallest absolute Gasteiger partial charge is 0.274 e. The lowest BCUT2D eigenvalue weighted by Crippen LogP contribution is -2.41. The minimum atomic E-state index is -1.02. The largest absolute Gasteiger partial charge is 0.541 e. The molecule has 111 valence electrons. The van der Waals surface area contributed by atoms with Crippen LogP contribution < -0.4 is 4.43 Å². The summed E-state index contributed by atoms with van der Waals surface area (Å²) in [6.07, 6.45) is -0.701. The minimum absolute atomic E-state index is 0.274. The van der Waals surface area contributed by atoms with Gasteiger partial charge in [0.25, 0.3) is 9.04 Å². The zero-order chi connectivity index (χ0) is 15.1.